The molecule has 0 fully saturated rings. The van der Waals surface area contributed by atoms with Crippen molar-refractivity contribution in [2.75, 3.05) is 0 Å². The molecule has 0 spiro atoms. The molecule has 0 saturated carbocycles. The van der Waals surface area contributed by atoms with Gasteiger partial charge in [0, 0.05) is 12.1 Å². The van der Waals surface area contributed by atoms with Crippen molar-refractivity contribution < 1.29 is 9.59 Å². The zero-order valence-electron chi connectivity index (χ0n) is 12.5. The Bertz CT molecular complexity index is 647. The summed E-state index contributed by atoms with van der Waals surface area (Å²) in [5.74, 6) is -1.08. The molecule has 0 bridgehead atoms. The van der Waals surface area contributed by atoms with Crippen molar-refractivity contribution in [3.8, 4) is 0 Å². The van der Waals surface area contributed by atoms with Crippen LogP contribution >= 0.6 is 0 Å². The molecule has 2 rings (SSSR count). The van der Waals surface area contributed by atoms with E-state index in [1.54, 1.807) is 13.1 Å². The molecular formula is C16H18N4O2. The van der Waals surface area contributed by atoms with Gasteiger partial charge in [-0.3, -0.25) is 9.59 Å². The third-order valence-electron chi connectivity index (χ3n) is 3.20. The van der Waals surface area contributed by atoms with Gasteiger partial charge in [-0.1, -0.05) is 36.4 Å². The third kappa shape index (κ3) is 4.37. The maximum atomic E-state index is 11.8. The largest absolute Gasteiger partial charge is 0.273 e. The van der Waals surface area contributed by atoms with Crippen LogP contribution in [0.3, 0.4) is 0 Å². The quantitative estimate of drug-likeness (QED) is 0.640. The highest BCUT2D eigenvalue weighted by molar-refractivity contribution is 6.09. The zero-order valence-corrected chi connectivity index (χ0v) is 12.5. The van der Waals surface area contributed by atoms with E-state index in [1.165, 1.54) is 0 Å². The molecule has 0 radical (unpaired) electrons. The Morgan fingerprint density at radius 2 is 2.14 bits per heavy atom. The van der Waals surface area contributed by atoms with E-state index in [-0.39, 0.29) is 18.2 Å². The van der Waals surface area contributed by atoms with Crippen LogP contribution in [0, 0.1) is 5.92 Å². The minimum absolute atomic E-state index is 0.0416. The topological polar surface area (TPSA) is 82.9 Å². The first kappa shape index (κ1) is 15.6. The summed E-state index contributed by atoms with van der Waals surface area (Å²) in [5, 5.41) is 7.69. The second kappa shape index (κ2) is 7.31. The lowest BCUT2D eigenvalue weighted by Gasteiger charge is -2.05. The van der Waals surface area contributed by atoms with E-state index < -0.39 is 5.92 Å². The number of hydrogen-bond acceptors (Lipinski definition) is 4. The van der Waals surface area contributed by atoms with Crippen LogP contribution in [0.5, 0.6) is 0 Å². The molecular weight excluding hydrogens is 280 g/mol. The van der Waals surface area contributed by atoms with Gasteiger partial charge < -0.3 is 0 Å². The lowest BCUT2D eigenvalue weighted by atomic mass is 10.0. The smallest absolute Gasteiger partial charge is 0.249 e. The Hall–Kier alpha value is -2.76. The van der Waals surface area contributed by atoms with Gasteiger partial charge in [0.2, 0.25) is 11.8 Å². The fourth-order valence-electron chi connectivity index (χ4n) is 2.02. The van der Waals surface area contributed by atoms with Gasteiger partial charge in [0.1, 0.15) is 0 Å². The molecule has 1 aromatic carbocycles. The predicted molar refractivity (Wildman–Crippen MR) is 86.1 cm³/mol. The molecule has 0 aliphatic carbocycles. The van der Waals surface area contributed by atoms with Crippen LogP contribution in [0.1, 0.15) is 25.8 Å². The van der Waals surface area contributed by atoms with Crippen molar-refractivity contribution in [1.82, 2.24) is 10.9 Å². The summed E-state index contributed by atoms with van der Waals surface area (Å²) in [6.07, 6.45) is 3.57. The van der Waals surface area contributed by atoms with Gasteiger partial charge in [-0.15, -0.1) is 0 Å². The lowest BCUT2D eigenvalue weighted by molar-refractivity contribution is -0.127. The molecule has 114 valence electrons. The minimum Gasteiger partial charge on any atom is -0.273 e. The number of benzene rings is 1. The van der Waals surface area contributed by atoms with Crippen molar-refractivity contribution in [1.29, 1.82) is 0 Å². The van der Waals surface area contributed by atoms with Crippen LogP contribution in [-0.2, 0) is 9.59 Å². The van der Waals surface area contributed by atoms with Crippen LogP contribution in [-0.4, -0.2) is 23.7 Å². The number of carbonyl (C=O) groups is 2. The van der Waals surface area contributed by atoms with Gasteiger partial charge in [0.25, 0.3) is 0 Å². The molecule has 1 aliphatic heterocycles. The van der Waals surface area contributed by atoms with E-state index in [1.807, 2.05) is 43.3 Å². The minimum atomic E-state index is -0.504. The molecule has 1 aliphatic rings. The van der Waals surface area contributed by atoms with Crippen molar-refractivity contribution in [3.05, 3.63) is 41.5 Å². The van der Waals surface area contributed by atoms with Crippen molar-refractivity contribution in [2.24, 2.45) is 16.1 Å². The maximum absolute atomic E-state index is 11.8. The van der Waals surface area contributed by atoms with E-state index in [4.69, 9.17) is 0 Å². The van der Waals surface area contributed by atoms with Crippen LogP contribution in [0.2, 0.25) is 0 Å². The number of nitrogens with zero attached hydrogens (tertiary/aromatic N) is 2. The number of amides is 2. The average Bonchev–Trinajstić information content (AvgIpc) is 2.80. The standard InChI is InChI=1S/C16H18N4O2/c1-11(8-13-6-4-3-5-7-13)10-17-19-15(21)9-14-12(2)18-20-16(14)22/h3-8,10,14H,9H2,1-2H3,(H,19,21)(H,20,22)/b11-8+,17-10+. The summed E-state index contributed by atoms with van der Waals surface area (Å²) in [6.45, 7) is 3.61. The van der Waals surface area contributed by atoms with E-state index in [0.29, 0.717) is 5.71 Å². The van der Waals surface area contributed by atoms with E-state index in [0.717, 1.165) is 11.1 Å². The fraction of sp³-hybridized carbons (Fsp3) is 0.250. The summed E-state index contributed by atoms with van der Waals surface area (Å²) in [6, 6.07) is 9.82. The number of hydrazone groups is 2. The van der Waals surface area contributed by atoms with E-state index in [9.17, 15) is 9.59 Å². The first-order valence-corrected chi connectivity index (χ1v) is 6.95. The molecule has 6 heteroatoms. The molecule has 1 heterocycles. The van der Waals surface area contributed by atoms with Gasteiger partial charge in [-0.05, 0) is 25.0 Å². The summed E-state index contributed by atoms with van der Waals surface area (Å²) in [4.78, 5) is 23.2. The Kier molecular flexibility index (Phi) is 5.19. The molecule has 2 N–H and O–H groups in total. The summed E-state index contributed by atoms with van der Waals surface area (Å²) >= 11 is 0. The van der Waals surface area contributed by atoms with Gasteiger partial charge in [-0.25, -0.2) is 10.9 Å². The zero-order chi connectivity index (χ0) is 15.9. The molecule has 22 heavy (non-hydrogen) atoms. The Balaban J connectivity index is 1.84. The van der Waals surface area contributed by atoms with Gasteiger partial charge in [0.15, 0.2) is 0 Å². The Labute approximate surface area is 129 Å². The highest BCUT2D eigenvalue weighted by atomic mass is 16.2. The lowest BCUT2D eigenvalue weighted by Crippen LogP contribution is -2.29. The van der Waals surface area contributed by atoms with Gasteiger partial charge in [0.05, 0.1) is 12.1 Å². The number of nitrogens with one attached hydrogen (secondary N) is 2. The first-order valence-electron chi connectivity index (χ1n) is 6.95. The number of carbonyl (C=O) groups excluding carboxylic acids is 2. The van der Waals surface area contributed by atoms with Crippen molar-refractivity contribution >= 4 is 29.8 Å². The van der Waals surface area contributed by atoms with Crippen molar-refractivity contribution in [3.63, 3.8) is 0 Å². The van der Waals surface area contributed by atoms with E-state index in [2.05, 4.69) is 21.1 Å². The molecule has 1 atom stereocenters. The van der Waals surface area contributed by atoms with Crippen LogP contribution < -0.4 is 10.9 Å². The highest BCUT2D eigenvalue weighted by Gasteiger charge is 2.28. The number of hydrogen-bond donors (Lipinski definition) is 2. The summed E-state index contributed by atoms with van der Waals surface area (Å²) in [7, 11) is 0. The molecule has 0 aromatic heterocycles. The van der Waals surface area contributed by atoms with Crippen LogP contribution in [0.15, 0.2) is 46.1 Å². The molecule has 6 nitrogen and oxygen atoms in total. The highest BCUT2D eigenvalue weighted by Crippen LogP contribution is 2.11. The second-order valence-corrected chi connectivity index (χ2v) is 5.08. The van der Waals surface area contributed by atoms with Crippen molar-refractivity contribution in [2.45, 2.75) is 20.3 Å². The van der Waals surface area contributed by atoms with Crippen LogP contribution in [0.4, 0.5) is 0 Å². The normalized spacial score (nSPS) is 18.3. The van der Waals surface area contributed by atoms with Gasteiger partial charge >= 0.3 is 0 Å². The maximum Gasteiger partial charge on any atom is 0.249 e. The predicted octanol–water partition coefficient (Wildman–Crippen LogP) is 1.70. The molecule has 0 saturated heterocycles. The second-order valence-electron chi connectivity index (χ2n) is 5.08. The Morgan fingerprint density at radius 3 is 2.77 bits per heavy atom. The fourth-order valence-corrected chi connectivity index (χ4v) is 2.02. The van der Waals surface area contributed by atoms with Gasteiger partial charge in [-0.2, -0.15) is 10.2 Å². The Morgan fingerprint density at radius 1 is 1.41 bits per heavy atom. The van der Waals surface area contributed by atoms with E-state index >= 15 is 0 Å². The summed E-state index contributed by atoms with van der Waals surface area (Å²) in [5.41, 5.74) is 7.35. The SMILES string of the molecule is CC1=NNC(=O)C1CC(=O)N/N=C/C(C)=C/c1ccccc1. The van der Waals surface area contributed by atoms with Crippen LogP contribution in [0.25, 0.3) is 6.08 Å². The number of allylic oxidation sites excluding steroid dienone is 1. The third-order valence-corrected chi connectivity index (χ3v) is 3.20. The monoisotopic (exact) mass is 298 g/mol. The summed E-state index contributed by atoms with van der Waals surface area (Å²) < 4.78 is 0. The molecule has 2 amide bonds. The first-order chi connectivity index (χ1) is 10.6. The molecule has 1 unspecified atom stereocenters. The average molecular weight is 298 g/mol. The number of rotatable bonds is 5. The molecule has 1 aromatic rings.